The van der Waals surface area contributed by atoms with Crippen molar-refractivity contribution in [2.45, 2.75) is 32.4 Å². The standard InChI is InChI=1S/C19H22ClN5O3/c1-12(13-6-4-7-14(20)10-13)22-15(26)8-5-9-25-11-21-17-16(25)18(27)24(3)19(28)23(17)2/h4,6-7,10-12H,5,8-9H2,1-3H3,(H,22,26). The van der Waals surface area contributed by atoms with Crippen LogP contribution < -0.4 is 16.6 Å². The SMILES string of the molecule is CC(NC(=O)CCCn1cnc2c1c(=O)n(C)c(=O)n2C)c1cccc(Cl)c1. The molecule has 0 aliphatic heterocycles. The van der Waals surface area contributed by atoms with Gasteiger partial charge >= 0.3 is 5.69 Å². The number of aryl methyl sites for hydroxylation is 2. The number of carbonyl (C=O) groups excluding carboxylic acids is 1. The van der Waals surface area contributed by atoms with E-state index in [9.17, 15) is 14.4 Å². The number of halogens is 1. The summed E-state index contributed by atoms with van der Waals surface area (Å²) in [5, 5.41) is 3.57. The number of amides is 1. The quantitative estimate of drug-likeness (QED) is 0.678. The second-order valence-corrected chi connectivity index (χ2v) is 7.20. The molecule has 2 aromatic heterocycles. The molecule has 3 rings (SSSR count). The molecule has 1 unspecified atom stereocenters. The van der Waals surface area contributed by atoms with Gasteiger partial charge in [0.05, 0.1) is 12.4 Å². The van der Waals surface area contributed by atoms with Crippen LogP contribution in [-0.2, 0) is 25.4 Å². The van der Waals surface area contributed by atoms with Gasteiger partial charge in [-0.05, 0) is 31.0 Å². The molecule has 28 heavy (non-hydrogen) atoms. The predicted molar refractivity (Wildman–Crippen MR) is 107 cm³/mol. The van der Waals surface area contributed by atoms with Crippen LogP contribution in [0, 0.1) is 0 Å². The van der Waals surface area contributed by atoms with Gasteiger partial charge in [0.1, 0.15) is 0 Å². The van der Waals surface area contributed by atoms with Crippen LogP contribution in [0.2, 0.25) is 5.02 Å². The second kappa shape index (κ2) is 8.02. The minimum absolute atomic E-state index is 0.0859. The van der Waals surface area contributed by atoms with Gasteiger partial charge in [0.2, 0.25) is 5.91 Å². The molecule has 0 saturated carbocycles. The molecule has 0 saturated heterocycles. The Bertz CT molecular complexity index is 1140. The molecule has 1 N–H and O–H groups in total. The first kappa shape index (κ1) is 19.9. The van der Waals surface area contributed by atoms with Crippen LogP contribution in [0.3, 0.4) is 0 Å². The van der Waals surface area contributed by atoms with Crippen molar-refractivity contribution in [1.29, 1.82) is 0 Å². The van der Waals surface area contributed by atoms with Gasteiger partial charge in [0.15, 0.2) is 11.2 Å². The first-order chi connectivity index (χ1) is 13.3. The maximum Gasteiger partial charge on any atom is 0.332 e. The van der Waals surface area contributed by atoms with E-state index in [0.29, 0.717) is 35.6 Å². The molecule has 0 fully saturated rings. The maximum atomic E-state index is 12.4. The van der Waals surface area contributed by atoms with E-state index in [2.05, 4.69) is 10.3 Å². The van der Waals surface area contributed by atoms with E-state index in [1.807, 2.05) is 25.1 Å². The molecule has 0 radical (unpaired) electrons. The lowest BCUT2D eigenvalue weighted by Gasteiger charge is -2.14. The molecule has 0 spiro atoms. The molecular weight excluding hydrogens is 382 g/mol. The monoisotopic (exact) mass is 403 g/mol. The van der Waals surface area contributed by atoms with E-state index in [-0.39, 0.29) is 11.9 Å². The Labute approximate surface area is 166 Å². The van der Waals surface area contributed by atoms with Crippen LogP contribution in [0.15, 0.2) is 40.2 Å². The summed E-state index contributed by atoms with van der Waals surface area (Å²) < 4.78 is 4.08. The third-order valence-electron chi connectivity index (χ3n) is 4.75. The molecule has 3 aromatic rings. The molecule has 0 aliphatic carbocycles. The smallest absolute Gasteiger partial charge is 0.332 e. The van der Waals surface area contributed by atoms with E-state index in [1.54, 1.807) is 17.7 Å². The van der Waals surface area contributed by atoms with Crippen molar-refractivity contribution in [2.24, 2.45) is 14.1 Å². The van der Waals surface area contributed by atoms with Crippen LogP contribution in [0.5, 0.6) is 0 Å². The lowest BCUT2D eigenvalue weighted by molar-refractivity contribution is -0.121. The maximum absolute atomic E-state index is 12.4. The number of hydrogen-bond donors (Lipinski definition) is 1. The van der Waals surface area contributed by atoms with E-state index >= 15 is 0 Å². The first-order valence-corrected chi connectivity index (χ1v) is 9.33. The number of carbonyl (C=O) groups is 1. The molecule has 0 bridgehead atoms. The number of benzene rings is 1. The molecule has 8 nitrogen and oxygen atoms in total. The summed E-state index contributed by atoms with van der Waals surface area (Å²) in [5.74, 6) is -0.0859. The zero-order valence-electron chi connectivity index (χ0n) is 16.0. The predicted octanol–water partition coefficient (Wildman–Crippen LogP) is 1.74. The number of nitrogens with zero attached hydrogens (tertiary/aromatic N) is 4. The summed E-state index contributed by atoms with van der Waals surface area (Å²) in [7, 11) is 3.01. The fraction of sp³-hybridized carbons (Fsp3) is 0.368. The highest BCUT2D eigenvalue weighted by molar-refractivity contribution is 6.30. The van der Waals surface area contributed by atoms with Crippen LogP contribution >= 0.6 is 11.6 Å². The summed E-state index contributed by atoms with van der Waals surface area (Å²) in [6, 6.07) is 7.22. The fourth-order valence-corrected chi connectivity index (χ4v) is 3.35. The molecule has 1 amide bonds. The highest BCUT2D eigenvalue weighted by Gasteiger charge is 2.15. The Morgan fingerprint density at radius 3 is 2.71 bits per heavy atom. The average Bonchev–Trinajstić information content (AvgIpc) is 3.08. The van der Waals surface area contributed by atoms with Gasteiger partial charge in [-0.15, -0.1) is 0 Å². The van der Waals surface area contributed by atoms with Gasteiger partial charge < -0.3 is 9.88 Å². The van der Waals surface area contributed by atoms with Gasteiger partial charge in [0, 0.05) is 32.1 Å². The molecule has 2 heterocycles. The average molecular weight is 404 g/mol. The normalized spacial score (nSPS) is 12.3. The molecule has 9 heteroatoms. The number of hydrogen-bond acceptors (Lipinski definition) is 4. The number of nitrogens with one attached hydrogen (secondary N) is 1. The van der Waals surface area contributed by atoms with Gasteiger partial charge in [-0.1, -0.05) is 23.7 Å². The summed E-state index contributed by atoms with van der Waals surface area (Å²) in [6.07, 6.45) is 2.36. The zero-order valence-corrected chi connectivity index (χ0v) is 16.7. The van der Waals surface area contributed by atoms with Crippen LogP contribution in [-0.4, -0.2) is 24.6 Å². The molecule has 0 aliphatic rings. The Kier molecular flexibility index (Phi) is 5.69. The van der Waals surface area contributed by atoms with Crippen LogP contribution in [0.25, 0.3) is 11.2 Å². The topological polar surface area (TPSA) is 90.9 Å². The van der Waals surface area contributed by atoms with Crippen molar-refractivity contribution in [1.82, 2.24) is 24.0 Å². The summed E-state index contributed by atoms with van der Waals surface area (Å²) in [5.41, 5.74) is 0.821. The fourth-order valence-electron chi connectivity index (χ4n) is 3.15. The lowest BCUT2D eigenvalue weighted by atomic mass is 10.1. The van der Waals surface area contributed by atoms with E-state index in [1.165, 1.54) is 17.9 Å². The summed E-state index contributed by atoms with van der Waals surface area (Å²) >= 11 is 5.99. The third-order valence-corrected chi connectivity index (χ3v) is 4.98. The van der Waals surface area contributed by atoms with E-state index < -0.39 is 11.2 Å². The number of fused-ring (bicyclic) bond motifs is 1. The summed E-state index contributed by atoms with van der Waals surface area (Å²) in [4.78, 5) is 40.8. The molecular formula is C19H22ClN5O3. The van der Waals surface area contributed by atoms with Crippen molar-refractivity contribution in [3.8, 4) is 0 Å². The number of aromatic nitrogens is 4. The highest BCUT2D eigenvalue weighted by Crippen LogP contribution is 2.17. The third kappa shape index (κ3) is 3.87. The van der Waals surface area contributed by atoms with Gasteiger partial charge in [-0.25, -0.2) is 9.78 Å². The van der Waals surface area contributed by atoms with E-state index in [0.717, 1.165) is 10.1 Å². The minimum atomic E-state index is -0.419. The Morgan fingerprint density at radius 2 is 2.00 bits per heavy atom. The Morgan fingerprint density at radius 1 is 1.25 bits per heavy atom. The highest BCUT2D eigenvalue weighted by atomic mass is 35.5. The molecule has 148 valence electrons. The van der Waals surface area contributed by atoms with Crippen molar-refractivity contribution < 1.29 is 4.79 Å². The van der Waals surface area contributed by atoms with Gasteiger partial charge in [-0.2, -0.15) is 0 Å². The lowest BCUT2D eigenvalue weighted by Crippen LogP contribution is -2.37. The first-order valence-electron chi connectivity index (χ1n) is 8.95. The minimum Gasteiger partial charge on any atom is -0.350 e. The van der Waals surface area contributed by atoms with E-state index in [4.69, 9.17) is 11.6 Å². The van der Waals surface area contributed by atoms with Crippen LogP contribution in [0.1, 0.15) is 31.4 Å². The van der Waals surface area contributed by atoms with Gasteiger partial charge in [-0.3, -0.25) is 18.7 Å². The summed E-state index contributed by atoms with van der Waals surface area (Å²) in [6.45, 7) is 2.35. The number of imidazole rings is 1. The second-order valence-electron chi connectivity index (χ2n) is 6.76. The van der Waals surface area contributed by atoms with Crippen LogP contribution in [0.4, 0.5) is 0 Å². The zero-order chi connectivity index (χ0) is 20.4. The van der Waals surface area contributed by atoms with Crippen molar-refractivity contribution in [3.05, 3.63) is 62.0 Å². The largest absolute Gasteiger partial charge is 0.350 e. The molecule has 1 aromatic carbocycles. The molecule has 1 atom stereocenters. The Hall–Kier alpha value is -2.87. The van der Waals surface area contributed by atoms with Crippen molar-refractivity contribution in [2.75, 3.05) is 0 Å². The van der Waals surface area contributed by atoms with Crippen molar-refractivity contribution >= 4 is 28.7 Å². The number of rotatable bonds is 6. The van der Waals surface area contributed by atoms with Gasteiger partial charge in [0.25, 0.3) is 5.56 Å². The Balaban J connectivity index is 1.65. The van der Waals surface area contributed by atoms with Crippen molar-refractivity contribution in [3.63, 3.8) is 0 Å².